The molecule has 106 valence electrons. The summed E-state index contributed by atoms with van der Waals surface area (Å²) in [6.07, 6.45) is 3.33. The molecule has 0 aliphatic carbocycles. The molecule has 0 bridgehead atoms. The molecule has 2 unspecified atom stereocenters. The minimum absolute atomic E-state index is 0.190. The van der Waals surface area contributed by atoms with E-state index in [0.29, 0.717) is 5.92 Å². The zero-order valence-electron chi connectivity index (χ0n) is 12.1. The fourth-order valence-corrected chi connectivity index (χ4v) is 3.46. The molecule has 2 heterocycles. The largest absolute Gasteiger partial charge is 0.325 e. The van der Waals surface area contributed by atoms with Crippen molar-refractivity contribution in [3.8, 4) is 0 Å². The molecule has 0 aromatic carbocycles. The van der Waals surface area contributed by atoms with Gasteiger partial charge in [0.1, 0.15) is 0 Å². The van der Waals surface area contributed by atoms with Crippen molar-refractivity contribution >= 4 is 17.4 Å². The predicted octanol–water partition coefficient (Wildman–Crippen LogP) is 3.46. The Morgan fingerprint density at radius 3 is 3.05 bits per heavy atom. The van der Waals surface area contributed by atoms with Crippen LogP contribution in [0.5, 0.6) is 0 Å². The number of urea groups is 1. The van der Waals surface area contributed by atoms with Crippen LogP contribution in [0.15, 0.2) is 17.5 Å². The summed E-state index contributed by atoms with van der Waals surface area (Å²) in [5.41, 5.74) is 0. The van der Waals surface area contributed by atoms with E-state index in [1.807, 2.05) is 16.8 Å². The third-order valence-corrected chi connectivity index (χ3v) is 4.87. The molecule has 3 nitrogen and oxygen atoms in total. The van der Waals surface area contributed by atoms with Gasteiger partial charge in [0.2, 0.25) is 0 Å². The van der Waals surface area contributed by atoms with Crippen molar-refractivity contribution in [2.75, 3.05) is 20.1 Å². The van der Waals surface area contributed by atoms with Crippen LogP contribution in [0.3, 0.4) is 0 Å². The summed E-state index contributed by atoms with van der Waals surface area (Å²) in [6.45, 7) is 6.19. The third-order valence-electron chi connectivity index (χ3n) is 3.97. The maximum absolute atomic E-state index is 12.5. The van der Waals surface area contributed by atoms with Crippen LogP contribution >= 0.6 is 11.3 Å². The quantitative estimate of drug-likeness (QED) is 0.831. The van der Waals surface area contributed by atoms with Crippen molar-refractivity contribution < 1.29 is 4.79 Å². The first kappa shape index (κ1) is 14.4. The Balaban J connectivity index is 1.90. The highest BCUT2D eigenvalue weighted by molar-refractivity contribution is 7.09. The van der Waals surface area contributed by atoms with Gasteiger partial charge in [0.05, 0.1) is 0 Å². The summed E-state index contributed by atoms with van der Waals surface area (Å²) in [7, 11) is 1.93. The van der Waals surface area contributed by atoms with Gasteiger partial charge in [-0.1, -0.05) is 13.0 Å². The number of hydrogen-bond acceptors (Lipinski definition) is 2. The molecule has 1 aliphatic rings. The second kappa shape index (κ2) is 6.42. The predicted molar refractivity (Wildman–Crippen MR) is 80.6 cm³/mol. The Morgan fingerprint density at radius 1 is 1.63 bits per heavy atom. The van der Waals surface area contributed by atoms with Crippen molar-refractivity contribution in [1.82, 2.24) is 9.80 Å². The summed E-state index contributed by atoms with van der Waals surface area (Å²) in [6, 6.07) is 4.66. The van der Waals surface area contributed by atoms with Crippen molar-refractivity contribution in [1.29, 1.82) is 0 Å². The summed E-state index contributed by atoms with van der Waals surface area (Å²) < 4.78 is 0. The van der Waals surface area contributed by atoms with Crippen LogP contribution in [0.4, 0.5) is 4.79 Å². The number of thiophene rings is 1. The highest BCUT2D eigenvalue weighted by Gasteiger charge is 2.25. The zero-order valence-corrected chi connectivity index (χ0v) is 12.9. The molecule has 0 N–H and O–H groups in total. The number of amides is 2. The molecule has 0 saturated carbocycles. The number of piperidine rings is 1. The van der Waals surface area contributed by atoms with E-state index in [4.69, 9.17) is 0 Å². The van der Waals surface area contributed by atoms with Crippen LogP contribution in [0.1, 0.15) is 31.6 Å². The molecular formula is C15H24N2OS. The maximum Gasteiger partial charge on any atom is 0.320 e. The van der Waals surface area contributed by atoms with Crippen molar-refractivity contribution in [2.45, 2.75) is 39.2 Å². The van der Waals surface area contributed by atoms with Gasteiger partial charge in [-0.05, 0) is 37.1 Å². The number of hydrogen-bond donors (Lipinski definition) is 0. The number of likely N-dealkylation sites (N-methyl/N-ethyl adjacent to an activating group) is 1. The Bertz CT molecular complexity index is 404. The number of likely N-dealkylation sites (tertiary alicyclic amines) is 1. The first-order chi connectivity index (χ1) is 9.08. The summed E-state index contributed by atoms with van der Waals surface area (Å²) in [4.78, 5) is 17.7. The highest BCUT2D eigenvalue weighted by atomic mass is 32.1. The lowest BCUT2D eigenvalue weighted by Crippen LogP contribution is -2.48. The second-order valence-electron chi connectivity index (χ2n) is 5.72. The van der Waals surface area contributed by atoms with E-state index in [2.05, 4.69) is 31.4 Å². The van der Waals surface area contributed by atoms with Crippen LogP contribution < -0.4 is 0 Å². The molecule has 0 spiro atoms. The molecular weight excluding hydrogens is 256 g/mol. The van der Waals surface area contributed by atoms with Crippen LogP contribution in [0.25, 0.3) is 0 Å². The number of carbonyl (C=O) groups excluding carboxylic acids is 1. The van der Waals surface area contributed by atoms with E-state index < -0.39 is 0 Å². The van der Waals surface area contributed by atoms with Gasteiger partial charge < -0.3 is 9.80 Å². The lowest BCUT2D eigenvalue weighted by atomic mass is 10.0. The molecule has 1 fully saturated rings. The van der Waals surface area contributed by atoms with Gasteiger partial charge in [0, 0.05) is 37.5 Å². The molecule has 1 aromatic rings. The molecule has 1 saturated heterocycles. The SMILES string of the molecule is CC1CCCN(C(=O)N(C)C(C)Cc2cccs2)C1. The minimum atomic E-state index is 0.190. The van der Waals surface area contributed by atoms with Gasteiger partial charge in [-0.25, -0.2) is 4.79 Å². The van der Waals surface area contributed by atoms with E-state index in [9.17, 15) is 4.79 Å². The number of nitrogens with zero attached hydrogens (tertiary/aromatic N) is 2. The fourth-order valence-electron chi connectivity index (χ4n) is 2.63. The molecule has 0 radical (unpaired) electrons. The lowest BCUT2D eigenvalue weighted by molar-refractivity contribution is 0.128. The zero-order chi connectivity index (χ0) is 13.8. The van der Waals surface area contributed by atoms with Crippen molar-refractivity contribution in [2.24, 2.45) is 5.92 Å². The Morgan fingerprint density at radius 2 is 2.42 bits per heavy atom. The van der Waals surface area contributed by atoms with Gasteiger partial charge in [0.25, 0.3) is 0 Å². The highest BCUT2D eigenvalue weighted by Crippen LogP contribution is 2.19. The van der Waals surface area contributed by atoms with E-state index in [1.165, 1.54) is 11.3 Å². The molecule has 1 aromatic heterocycles. The Hall–Kier alpha value is -1.03. The number of carbonyl (C=O) groups is 1. The Kier molecular flexibility index (Phi) is 4.86. The molecule has 19 heavy (non-hydrogen) atoms. The van der Waals surface area contributed by atoms with Crippen LogP contribution in [-0.4, -0.2) is 42.0 Å². The summed E-state index contributed by atoms with van der Waals surface area (Å²) in [5.74, 6) is 0.638. The molecule has 2 atom stereocenters. The van der Waals surface area contributed by atoms with Gasteiger partial charge in [0.15, 0.2) is 0 Å². The van der Waals surface area contributed by atoms with E-state index >= 15 is 0 Å². The van der Waals surface area contributed by atoms with E-state index in [1.54, 1.807) is 11.3 Å². The molecule has 2 rings (SSSR count). The number of rotatable bonds is 3. The second-order valence-corrected chi connectivity index (χ2v) is 6.75. The van der Waals surface area contributed by atoms with Crippen molar-refractivity contribution in [3.63, 3.8) is 0 Å². The van der Waals surface area contributed by atoms with Crippen molar-refractivity contribution in [3.05, 3.63) is 22.4 Å². The van der Waals surface area contributed by atoms with Crippen LogP contribution in [0, 0.1) is 5.92 Å². The topological polar surface area (TPSA) is 23.6 Å². The van der Waals surface area contributed by atoms with Gasteiger partial charge >= 0.3 is 6.03 Å². The first-order valence-electron chi connectivity index (χ1n) is 7.12. The normalized spacial score (nSPS) is 21.2. The molecule has 1 aliphatic heterocycles. The van der Waals surface area contributed by atoms with Gasteiger partial charge in [-0.2, -0.15) is 0 Å². The third kappa shape index (κ3) is 3.72. The van der Waals surface area contributed by atoms with Gasteiger partial charge in [-0.3, -0.25) is 0 Å². The minimum Gasteiger partial charge on any atom is -0.325 e. The molecule has 4 heteroatoms. The smallest absolute Gasteiger partial charge is 0.320 e. The molecule has 2 amide bonds. The summed E-state index contributed by atoms with van der Waals surface area (Å²) in [5, 5.41) is 2.09. The lowest BCUT2D eigenvalue weighted by Gasteiger charge is -2.36. The average Bonchev–Trinajstić information content (AvgIpc) is 2.89. The van der Waals surface area contributed by atoms with E-state index in [-0.39, 0.29) is 12.1 Å². The monoisotopic (exact) mass is 280 g/mol. The average molecular weight is 280 g/mol. The first-order valence-corrected chi connectivity index (χ1v) is 8.00. The van der Waals surface area contributed by atoms with Crippen LogP contribution in [0.2, 0.25) is 0 Å². The maximum atomic E-state index is 12.5. The summed E-state index contributed by atoms with van der Waals surface area (Å²) >= 11 is 1.76. The fraction of sp³-hybridized carbons (Fsp3) is 0.667. The Labute approximate surface area is 120 Å². The van der Waals surface area contributed by atoms with E-state index in [0.717, 1.165) is 25.9 Å². The standard InChI is InChI=1S/C15H24N2OS/c1-12-6-4-8-17(11-12)15(18)16(3)13(2)10-14-7-5-9-19-14/h5,7,9,12-13H,4,6,8,10-11H2,1-3H3. The van der Waals surface area contributed by atoms with Crippen LogP contribution in [-0.2, 0) is 6.42 Å². The van der Waals surface area contributed by atoms with Gasteiger partial charge in [-0.15, -0.1) is 11.3 Å².